The van der Waals surface area contributed by atoms with Crippen LogP contribution >= 0.6 is 21.6 Å². The highest BCUT2D eigenvalue weighted by Gasteiger charge is 2.09. The zero-order valence-corrected chi connectivity index (χ0v) is 30.9. The van der Waals surface area contributed by atoms with E-state index in [1.54, 1.807) is 0 Å². The van der Waals surface area contributed by atoms with Crippen LogP contribution in [0.4, 0.5) is 11.4 Å². The number of hydrogen-bond acceptors (Lipinski definition) is 5. The van der Waals surface area contributed by atoms with E-state index in [0.29, 0.717) is 0 Å². The molecule has 49 heavy (non-hydrogen) atoms. The van der Waals surface area contributed by atoms with Crippen molar-refractivity contribution in [2.45, 2.75) is 13.5 Å². The van der Waals surface area contributed by atoms with Gasteiger partial charge in [-0.05, 0) is 59.2 Å². The molecule has 1 aromatic heterocycles. The normalized spacial score (nSPS) is 12.5. The fourth-order valence-electron chi connectivity index (χ4n) is 5.72. The van der Waals surface area contributed by atoms with E-state index < -0.39 is 0 Å². The number of nitrogens with zero attached hydrogens (tertiary/aromatic N) is 4. The highest BCUT2D eigenvalue weighted by molar-refractivity contribution is 8.76. The highest BCUT2D eigenvalue weighted by atomic mass is 33.1. The maximum Gasteiger partial charge on any atom is 0.205 e. The van der Waals surface area contributed by atoms with Gasteiger partial charge >= 0.3 is 0 Å². The second-order valence-electron chi connectivity index (χ2n) is 12.2. The van der Waals surface area contributed by atoms with Gasteiger partial charge in [0.15, 0.2) is 12.7 Å². The molecule has 0 amide bonds. The molecule has 0 radical (unpaired) electrons. The van der Waals surface area contributed by atoms with E-state index in [2.05, 4.69) is 188 Å². The third-order valence-electron chi connectivity index (χ3n) is 8.23. The zero-order valence-electron chi connectivity index (χ0n) is 29.3. The molecular formula is C43H47N4S2+. The molecule has 4 nitrogen and oxygen atoms in total. The summed E-state index contributed by atoms with van der Waals surface area (Å²) in [5.41, 5.74) is 7.33. The van der Waals surface area contributed by atoms with Crippen LogP contribution in [0, 0.1) is 0 Å². The van der Waals surface area contributed by atoms with Crippen molar-refractivity contribution in [1.82, 2.24) is 0 Å². The van der Waals surface area contributed by atoms with Gasteiger partial charge in [-0.1, -0.05) is 112 Å². The highest BCUT2D eigenvalue weighted by Crippen LogP contribution is 2.30. The molecule has 5 rings (SSSR count). The fourth-order valence-corrected chi connectivity index (χ4v) is 7.56. The summed E-state index contributed by atoms with van der Waals surface area (Å²) in [5.74, 6) is 2.03. The Morgan fingerprint density at radius 2 is 1.24 bits per heavy atom. The van der Waals surface area contributed by atoms with Gasteiger partial charge in [-0.2, -0.15) is 4.57 Å². The van der Waals surface area contributed by atoms with Crippen LogP contribution in [0.1, 0.15) is 23.7 Å². The maximum atomic E-state index is 4.56. The van der Waals surface area contributed by atoms with Crippen molar-refractivity contribution in [3.05, 3.63) is 144 Å². The zero-order chi connectivity index (χ0) is 34.4. The molecule has 0 saturated heterocycles. The minimum atomic E-state index is 0.813. The monoisotopic (exact) mass is 683 g/mol. The summed E-state index contributed by atoms with van der Waals surface area (Å²) in [6, 6.07) is 32.5. The van der Waals surface area contributed by atoms with Gasteiger partial charge in [0, 0.05) is 87.1 Å². The largest absolute Gasteiger partial charge is 0.377 e. The van der Waals surface area contributed by atoms with Crippen molar-refractivity contribution in [3.63, 3.8) is 0 Å². The van der Waals surface area contributed by atoms with Gasteiger partial charge in [-0.25, -0.2) is 0 Å². The van der Waals surface area contributed by atoms with Gasteiger partial charge in [0.1, 0.15) is 0 Å². The molecule has 6 heteroatoms. The van der Waals surface area contributed by atoms with Crippen LogP contribution in [0.25, 0.3) is 39.8 Å². The Kier molecular flexibility index (Phi) is 13.4. The Balaban J connectivity index is 1.04. The first-order valence-corrected chi connectivity index (χ1v) is 19.2. The molecule has 0 unspecified atom stereocenters. The molecule has 5 aromatic rings. The van der Waals surface area contributed by atoms with E-state index >= 15 is 0 Å². The van der Waals surface area contributed by atoms with E-state index in [0.717, 1.165) is 24.6 Å². The lowest BCUT2D eigenvalue weighted by atomic mass is 10.0. The molecule has 4 aromatic carbocycles. The first kappa shape index (κ1) is 35.8. The lowest BCUT2D eigenvalue weighted by molar-refractivity contribution is -0.694. The summed E-state index contributed by atoms with van der Waals surface area (Å²) in [7, 11) is 12.2. The second kappa shape index (κ2) is 18.3. The molecule has 0 aliphatic heterocycles. The van der Waals surface area contributed by atoms with E-state index in [-0.39, 0.29) is 0 Å². The maximum absolute atomic E-state index is 4.56. The molecule has 1 heterocycles. The number of aryl methyl sites for hydroxylation is 1. The Morgan fingerprint density at radius 3 is 1.90 bits per heavy atom. The molecule has 0 aliphatic carbocycles. The van der Waals surface area contributed by atoms with Crippen molar-refractivity contribution in [1.29, 1.82) is 0 Å². The minimum Gasteiger partial charge on any atom is -0.377 e. The van der Waals surface area contributed by atoms with Gasteiger partial charge < -0.3 is 9.80 Å². The van der Waals surface area contributed by atoms with Gasteiger partial charge in [0.2, 0.25) is 5.69 Å². The van der Waals surface area contributed by atoms with Crippen LogP contribution in [-0.4, -0.2) is 52.5 Å². The Labute approximate surface area is 300 Å². The molecule has 0 bridgehead atoms. The van der Waals surface area contributed by atoms with Crippen LogP contribution in [0.15, 0.2) is 132 Å². The standard InChI is InChI=1S/C43H47N4S2/c1-34(20-21-35-23-26-42(45(2)3)40-18-8-6-16-38(35)40)14-10-12-28-44-29-32-48-49-33-31-47-30-13-11-15-37(47)25-22-36-24-27-43(46(4)5)41-19-9-7-17-39(36)41/h6-28,30H,29,31-33H2,1-5H3/q+1/b12-10-,21-20+,34-14+,44-28?. The van der Waals surface area contributed by atoms with E-state index in [1.165, 1.54) is 55.3 Å². The average Bonchev–Trinajstić information content (AvgIpc) is 3.11. The van der Waals surface area contributed by atoms with Crippen LogP contribution in [0.3, 0.4) is 0 Å². The summed E-state index contributed by atoms with van der Waals surface area (Å²) in [4.78, 5) is 8.90. The number of benzene rings is 4. The third-order valence-corrected chi connectivity index (χ3v) is 10.6. The summed E-state index contributed by atoms with van der Waals surface area (Å²) in [6.45, 7) is 3.90. The number of hydrogen-bond donors (Lipinski definition) is 0. The molecule has 0 N–H and O–H groups in total. The van der Waals surface area contributed by atoms with Crippen LogP contribution in [0.2, 0.25) is 0 Å². The van der Waals surface area contributed by atoms with Crippen molar-refractivity contribution < 1.29 is 4.57 Å². The Bertz CT molecular complexity index is 2000. The van der Waals surface area contributed by atoms with Crippen molar-refractivity contribution in [2.75, 3.05) is 56.0 Å². The van der Waals surface area contributed by atoms with Crippen molar-refractivity contribution in [2.24, 2.45) is 4.99 Å². The van der Waals surface area contributed by atoms with Crippen LogP contribution < -0.4 is 14.4 Å². The molecule has 0 atom stereocenters. The number of aliphatic imine (C=N–C) groups is 1. The number of rotatable bonds is 15. The van der Waals surface area contributed by atoms with Crippen molar-refractivity contribution >= 4 is 79.0 Å². The SMILES string of the molecule is CC(/C=C/c1ccc(N(C)C)c2ccccc12)=C\C=C/C=NCCSSCC[n+]1ccccc1/C=C/c1ccc(N(C)C)c2ccccc12. The number of aromatic nitrogens is 1. The number of anilines is 2. The summed E-state index contributed by atoms with van der Waals surface area (Å²) in [5, 5.41) is 5.08. The number of allylic oxidation sites excluding steroid dienone is 5. The number of pyridine rings is 1. The predicted octanol–water partition coefficient (Wildman–Crippen LogP) is 10.3. The van der Waals surface area contributed by atoms with Crippen LogP contribution in [0.5, 0.6) is 0 Å². The van der Waals surface area contributed by atoms with Gasteiger partial charge in [0.05, 0.1) is 5.75 Å². The number of fused-ring (bicyclic) bond motifs is 2. The lowest BCUT2D eigenvalue weighted by Crippen LogP contribution is -2.37. The Morgan fingerprint density at radius 1 is 0.653 bits per heavy atom. The molecule has 250 valence electrons. The van der Waals surface area contributed by atoms with Gasteiger partial charge in [0.25, 0.3) is 0 Å². The fraction of sp³-hybridized carbons (Fsp3) is 0.209. The molecule has 0 fully saturated rings. The van der Waals surface area contributed by atoms with E-state index in [4.69, 9.17) is 0 Å². The second-order valence-corrected chi connectivity index (χ2v) is 14.9. The summed E-state index contributed by atoms with van der Waals surface area (Å²) >= 11 is 0. The molecule has 0 aliphatic rings. The van der Waals surface area contributed by atoms with Crippen molar-refractivity contribution in [3.8, 4) is 0 Å². The first-order valence-electron chi connectivity index (χ1n) is 16.7. The van der Waals surface area contributed by atoms with Gasteiger partial charge in [-0.3, -0.25) is 4.99 Å². The quantitative estimate of drug-likeness (QED) is 0.0360. The van der Waals surface area contributed by atoms with E-state index in [9.17, 15) is 0 Å². The lowest BCUT2D eigenvalue weighted by Gasteiger charge is -2.16. The minimum absolute atomic E-state index is 0.813. The summed E-state index contributed by atoms with van der Waals surface area (Å²) < 4.78 is 2.33. The molecule has 0 spiro atoms. The van der Waals surface area contributed by atoms with Gasteiger partial charge in [-0.15, -0.1) is 0 Å². The summed E-state index contributed by atoms with van der Waals surface area (Å²) in [6.07, 6.45) is 19.1. The smallest absolute Gasteiger partial charge is 0.205 e. The first-order chi connectivity index (χ1) is 23.9. The average molecular weight is 684 g/mol. The van der Waals surface area contributed by atoms with E-state index in [1.807, 2.05) is 33.9 Å². The Hall–Kier alpha value is -4.52. The van der Waals surface area contributed by atoms with Crippen LogP contribution in [-0.2, 0) is 6.54 Å². The third kappa shape index (κ3) is 10.0. The topological polar surface area (TPSA) is 22.7 Å². The molecule has 0 saturated carbocycles. The predicted molar refractivity (Wildman–Crippen MR) is 222 cm³/mol. The molecular weight excluding hydrogens is 637 g/mol.